The molecule has 0 unspecified atom stereocenters. The van der Waals surface area contributed by atoms with Crippen LogP contribution in [0, 0.1) is 0 Å². The molecule has 1 amide bonds. The molecule has 7 nitrogen and oxygen atoms in total. The fourth-order valence-corrected chi connectivity index (χ4v) is 2.87. The van der Waals surface area contributed by atoms with E-state index < -0.39 is 24.0 Å². The zero-order valence-corrected chi connectivity index (χ0v) is 13.0. The van der Waals surface area contributed by atoms with Crippen molar-refractivity contribution in [1.29, 1.82) is 0 Å². The van der Waals surface area contributed by atoms with Gasteiger partial charge in [0.05, 0.1) is 5.56 Å². The van der Waals surface area contributed by atoms with Crippen molar-refractivity contribution in [2.75, 3.05) is 11.5 Å². The van der Waals surface area contributed by atoms with Gasteiger partial charge in [0, 0.05) is 23.9 Å². The number of pyridine rings is 1. The second kappa shape index (κ2) is 6.19. The third-order valence-electron chi connectivity index (χ3n) is 3.87. The number of amides is 1. The molecule has 1 aliphatic rings. The van der Waals surface area contributed by atoms with Crippen LogP contribution in [0.25, 0.3) is 0 Å². The summed E-state index contributed by atoms with van der Waals surface area (Å²) in [6.45, 7) is 1.49. The highest BCUT2D eigenvalue weighted by Crippen LogP contribution is 2.31. The zero-order valence-electron chi connectivity index (χ0n) is 13.0. The third kappa shape index (κ3) is 3.01. The molecule has 1 atom stereocenters. The molecule has 2 aromatic rings. The number of fused-ring (bicyclic) bond motifs is 1. The first-order chi connectivity index (χ1) is 11.5. The maximum atomic E-state index is 12.4. The Bertz CT molecular complexity index is 858. The summed E-state index contributed by atoms with van der Waals surface area (Å²) in [4.78, 5) is 39.3. The van der Waals surface area contributed by atoms with E-state index in [-0.39, 0.29) is 17.5 Å². The van der Waals surface area contributed by atoms with E-state index in [1.54, 1.807) is 4.90 Å². The van der Waals surface area contributed by atoms with Gasteiger partial charge in [0.15, 0.2) is 12.5 Å². The van der Waals surface area contributed by atoms with Crippen molar-refractivity contribution in [3.8, 4) is 5.88 Å². The molecule has 1 aromatic heterocycles. The number of hydrogen-bond donors (Lipinski definition) is 2. The minimum atomic E-state index is -0.843. The summed E-state index contributed by atoms with van der Waals surface area (Å²) in [5, 5.41) is 9.30. The van der Waals surface area contributed by atoms with Gasteiger partial charge in [-0.1, -0.05) is 18.2 Å². The number of benzene rings is 1. The van der Waals surface area contributed by atoms with E-state index in [1.165, 1.54) is 0 Å². The molecule has 0 radical (unpaired) electrons. The highest BCUT2D eigenvalue weighted by atomic mass is 16.5. The van der Waals surface area contributed by atoms with Gasteiger partial charge in [0.2, 0.25) is 0 Å². The Morgan fingerprint density at radius 3 is 2.83 bits per heavy atom. The molecule has 0 bridgehead atoms. The van der Waals surface area contributed by atoms with Crippen LogP contribution in [0.3, 0.4) is 0 Å². The second-order valence-electron chi connectivity index (χ2n) is 5.64. The molecule has 124 valence electrons. The van der Waals surface area contributed by atoms with Gasteiger partial charge in [-0.05, 0) is 25.0 Å². The molecule has 3 rings (SSSR count). The second-order valence-corrected chi connectivity index (χ2v) is 5.64. The Balaban J connectivity index is 1.70. The van der Waals surface area contributed by atoms with Crippen molar-refractivity contribution >= 4 is 17.6 Å². The number of hydrogen-bond acceptors (Lipinski definition) is 5. The predicted octanol–water partition coefficient (Wildman–Crippen LogP) is 1.22. The van der Waals surface area contributed by atoms with Crippen molar-refractivity contribution < 1.29 is 19.4 Å². The molecule has 2 N–H and O–H groups in total. The third-order valence-corrected chi connectivity index (χ3v) is 3.87. The Morgan fingerprint density at radius 2 is 2.08 bits per heavy atom. The van der Waals surface area contributed by atoms with Gasteiger partial charge in [0.25, 0.3) is 11.5 Å². The van der Waals surface area contributed by atoms with Gasteiger partial charge in [-0.15, -0.1) is 0 Å². The zero-order chi connectivity index (χ0) is 17.3. The van der Waals surface area contributed by atoms with Crippen LogP contribution in [-0.4, -0.2) is 34.6 Å². The lowest BCUT2D eigenvalue weighted by molar-refractivity contribution is -0.122. The Labute approximate surface area is 137 Å². The summed E-state index contributed by atoms with van der Waals surface area (Å²) in [5.41, 5.74) is 1.15. The lowest BCUT2D eigenvalue weighted by Crippen LogP contribution is -2.38. The summed E-state index contributed by atoms with van der Waals surface area (Å²) >= 11 is 0. The number of aromatic amines is 1. The van der Waals surface area contributed by atoms with E-state index >= 15 is 0 Å². The number of aromatic hydroxyl groups is 1. The maximum absolute atomic E-state index is 12.4. The smallest absolute Gasteiger partial charge is 0.339 e. The van der Waals surface area contributed by atoms with E-state index in [0.29, 0.717) is 0 Å². The van der Waals surface area contributed by atoms with Crippen LogP contribution in [-0.2, 0) is 16.0 Å². The fourth-order valence-electron chi connectivity index (χ4n) is 2.87. The average Bonchev–Trinajstić information content (AvgIpc) is 2.87. The monoisotopic (exact) mass is 328 g/mol. The van der Waals surface area contributed by atoms with E-state index in [2.05, 4.69) is 4.98 Å². The Morgan fingerprint density at radius 1 is 1.33 bits per heavy atom. The average molecular weight is 328 g/mol. The molecule has 0 saturated heterocycles. The minimum Gasteiger partial charge on any atom is -0.494 e. The van der Waals surface area contributed by atoms with Crippen LogP contribution in [0.15, 0.2) is 41.2 Å². The topological polar surface area (TPSA) is 99.7 Å². The van der Waals surface area contributed by atoms with Crippen molar-refractivity contribution in [2.24, 2.45) is 0 Å². The molecule has 7 heteroatoms. The number of anilines is 1. The Kier molecular flexibility index (Phi) is 4.07. The number of H-pyrrole nitrogens is 1. The summed E-state index contributed by atoms with van der Waals surface area (Å²) in [5.74, 6) is -1.62. The standard InChI is InChI=1S/C17H16N2O5/c1-10-6-11-4-2-3-5-13(11)19(10)16(22)9-24-17(23)12-7-14(20)18-15(21)8-12/h2-5,7-8,10H,6,9H2,1H3,(H2,18,20,21)/t10-/m1/s1. The van der Waals surface area contributed by atoms with Gasteiger partial charge >= 0.3 is 5.97 Å². The highest BCUT2D eigenvalue weighted by molar-refractivity contribution is 5.99. The SMILES string of the molecule is C[C@@H]1Cc2ccccc2N1C(=O)COC(=O)c1cc(O)[nH]c(=O)c1. The number of carbonyl (C=O) groups is 2. The largest absolute Gasteiger partial charge is 0.494 e. The van der Waals surface area contributed by atoms with Crippen LogP contribution in [0.4, 0.5) is 5.69 Å². The lowest BCUT2D eigenvalue weighted by atomic mass is 10.1. The normalized spacial score (nSPS) is 15.9. The first-order valence-corrected chi connectivity index (χ1v) is 7.46. The number of para-hydroxylation sites is 1. The maximum Gasteiger partial charge on any atom is 0.339 e. The summed E-state index contributed by atoms with van der Waals surface area (Å²) < 4.78 is 4.98. The van der Waals surface area contributed by atoms with Gasteiger partial charge in [-0.3, -0.25) is 14.6 Å². The fraction of sp³-hybridized carbons (Fsp3) is 0.235. The van der Waals surface area contributed by atoms with E-state index in [9.17, 15) is 19.5 Å². The summed E-state index contributed by atoms with van der Waals surface area (Å²) in [6.07, 6.45) is 0.748. The minimum absolute atomic E-state index is 0.0165. The lowest BCUT2D eigenvalue weighted by Gasteiger charge is -2.22. The molecule has 2 heterocycles. The summed E-state index contributed by atoms with van der Waals surface area (Å²) in [6, 6.07) is 9.64. The molecule has 0 fully saturated rings. The number of aromatic nitrogens is 1. The van der Waals surface area contributed by atoms with Crippen LogP contribution in [0.2, 0.25) is 0 Å². The molecule has 1 aromatic carbocycles. The highest BCUT2D eigenvalue weighted by Gasteiger charge is 2.31. The molecule has 1 aliphatic heterocycles. The Hall–Kier alpha value is -3.09. The first kappa shape index (κ1) is 15.8. The molecule has 0 aliphatic carbocycles. The van der Waals surface area contributed by atoms with Crippen LogP contribution in [0.1, 0.15) is 22.8 Å². The van der Waals surface area contributed by atoms with E-state index in [0.717, 1.165) is 29.8 Å². The van der Waals surface area contributed by atoms with Crippen LogP contribution >= 0.6 is 0 Å². The predicted molar refractivity (Wildman–Crippen MR) is 86.1 cm³/mol. The quantitative estimate of drug-likeness (QED) is 0.825. The van der Waals surface area contributed by atoms with Crippen LogP contribution in [0.5, 0.6) is 5.88 Å². The van der Waals surface area contributed by atoms with Gasteiger partial charge in [-0.2, -0.15) is 0 Å². The molecule has 0 spiro atoms. The molecular formula is C17H16N2O5. The van der Waals surface area contributed by atoms with Crippen LogP contribution < -0.4 is 10.5 Å². The van der Waals surface area contributed by atoms with E-state index in [1.807, 2.05) is 31.2 Å². The van der Waals surface area contributed by atoms with Gasteiger partial charge < -0.3 is 14.7 Å². The van der Waals surface area contributed by atoms with Crippen molar-refractivity contribution in [2.45, 2.75) is 19.4 Å². The van der Waals surface area contributed by atoms with E-state index in [4.69, 9.17) is 4.74 Å². The molecule has 24 heavy (non-hydrogen) atoms. The molecular weight excluding hydrogens is 312 g/mol. The van der Waals surface area contributed by atoms with Crippen molar-refractivity contribution in [3.63, 3.8) is 0 Å². The number of esters is 1. The number of ether oxygens (including phenoxy) is 1. The first-order valence-electron chi connectivity index (χ1n) is 7.46. The number of nitrogens with one attached hydrogen (secondary N) is 1. The number of nitrogens with zero attached hydrogens (tertiary/aromatic N) is 1. The molecule has 0 saturated carbocycles. The summed E-state index contributed by atoms with van der Waals surface area (Å²) in [7, 11) is 0. The van der Waals surface area contributed by atoms with Crippen molar-refractivity contribution in [1.82, 2.24) is 4.98 Å². The number of rotatable bonds is 3. The number of carbonyl (C=O) groups excluding carboxylic acids is 2. The van der Waals surface area contributed by atoms with Gasteiger partial charge in [-0.25, -0.2) is 4.79 Å². The van der Waals surface area contributed by atoms with Crippen molar-refractivity contribution in [3.05, 3.63) is 57.9 Å². The van der Waals surface area contributed by atoms with Gasteiger partial charge in [0.1, 0.15) is 0 Å².